The summed E-state index contributed by atoms with van der Waals surface area (Å²) in [7, 11) is 0. The number of aromatic nitrogens is 2. The highest BCUT2D eigenvalue weighted by Gasteiger charge is 1.87. The van der Waals surface area contributed by atoms with E-state index in [0.717, 1.165) is 0 Å². The van der Waals surface area contributed by atoms with E-state index in [9.17, 15) is 0 Å². The monoisotopic (exact) mass is 192 g/mol. The third-order valence-electron chi connectivity index (χ3n) is 1.17. The molecule has 68 valence electrons. The zero-order chi connectivity index (χ0) is 16.6. The molecule has 0 aliphatic carbocycles. The van der Waals surface area contributed by atoms with E-state index in [2.05, 4.69) is 20.2 Å². The maximum Gasteiger partial charge on any atom is 0.0887 e. The molecule has 0 amide bonds. The van der Waals surface area contributed by atoms with Gasteiger partial charge in [0, 0.05) is 24.7 Å². The highest BCUT2D eigenvalue weighted by molar-refractivity contribution is 5.36. The van der Waals surface area contributed by atoms with Gasteiger partial charge in [0.1, 0.15) is 0 Å². The normalized spacial score (nSPS) is 18.6. The molecular weight excluding hydrogens is 176 g/mol. The van der Waals surface area contributed by atoms with Crippen molar-refractivity contribution in [3.8, 4) is 0 Å². The second-order valence-electron chi connectivity index (χ2n) is 2.07. The minimum absolute atomic E-state index is 0.404. The number of nitrogens with zero attached hydrogens (tertiary/aromatic N) is 4. The molecule has 4 heteroatoms. The average Bonchev–Trinajstić information content (AvgIpc) is 2.46. The lowest BCUT2D eigenvalue weighted by atomic mass is 10.4. The van der Waals surface area contributed by atoms with E-state index < -0.39 is 60.2 Å². The van der Waals surface area contributed by atoms with E-state index in [1.165, 1.54) is 0 Å². The van der Waals surface area contributed by atoms with Crippen LogP contribution in [0.3, 0.4) is 0 Å². The average molecular weight is 192 g/mol. The maximum absolute atomic E-state index is 7.60. The van der Waals surface area contributed by atoms with Crippen LogP contribution in [0.1, 0.15) is 11.0 Å². The molecule has 2 aromatic rings. The topological polar surface area (TPSA) is 50.5 Å². The van der Waals surface area contributed by atoms with Gasteiger partial charge in [-0.3, -0.25) is 9.97 Å². The molecule has 0 N–H and O–H groups in total. The summed E-state index contributed by atoms with van der Waals surface area (Å²) < 4.78 is 60.0. The molecule has 0 spiro atoms. The van der Waals surface area contributed by atoms with Crippen LogP contribution in [0.5, 0.6) is 0 Å². The van der Waals surface area contributed by atoms with Gasteiger partial charge in [0.2, 0.25) is 0 Å². The molecule has 14 heavy (non-hydrogen) atoms. The van der Waals surface area contributed by atoms with Crippen molar-refractivity contribution in [2.45, 2.75) is 0 Å². The zero-order valence-electron chi connectivity index (χ0n) is 14.8. The lowest BCUT2D eigenvalue weighted by molar-refractivity contribution is 1.19. The van der Waals surface area contributed by atoms with Crippen LogP contribution >= 0.6 is 0 Å². The first-order valence-corrected chi connectivity index (χ1v) is 3.54. The Labute approximate surface area is 92.6 Å². The Kier molecular flexibility index (Phi) is 0.977. The summed E-state index contributed by atoms with van der Waals surface area (Å²) in [6.07, 6.45) is -2.21. The van der Waals surface area contributed by atoms with Crippen LogP contribution in [0, 0.1) is 0 Å². The first-order chi connectivity index (χ1) is 10.2. The Morgan fingerprint density at radius 1 is 0.786 bits per heavy atom. The number of azo groups is 1. The van der Waals surface area contributed by atoms with Crippen molar-refractivity contribution in [3.05, 3.63) is 48.9 Å². The summed E-state index contributed by atoms with van der Waals surface area (Å²) >= 11 is 0. The molecule has 0 saturated carbocycles. The Hall–Kier alpha value is -2.10. The van der Waals surface area contributed by atoms with E-state index >= 15 is 0 Å². The van der Waals surface area contributed by atoms with Crippen molar-refractivity contribution < 1.29 is 11.0 Å². The van der Waals surface area contributed by atoms with E-state index in [0.29, 0.717) is 0 Å². The van der Waals surface area contributed by atoms with Gasteiger partial charge in [0.15, 0.2) is 0 Å². The smallest absolute Gasteiger partial charge is 0.0887 e. The van der Waals surface area contributed by atoms with Gasteiger partial charge in [-0.05, 0) is 24.2 Å². The van der Waals surface area contributed by atoms with E-state index in [4.69, 9.17) is 11.0 Å². The number of hydrogen-bond donors (Lipinski definition) is 0. The Morgan fingerprint density at radius 2 is 1.14 bits per heavy atom. The fraction of sp³-hybridized carbons (Fsp3) is 0. The second kappa shape index (κ2) is 4.23. The highest BCUT2D eigenvalue weighted by atomic mass is 15.1. The lowest BCUT2D eigenvalue weighted by Crippen LogP contribution is -1.68. The Bertz CT molecular complexity index is 673. The van der Waals surface area contributed by atoms with Crippen LogP contribution < -0.4 is 0 Å². The van der Waals surface area contributed by atoms with Crippen molar-refractivity contribution >= 4 is 11.4 Å². The van der Waals surface area contributed by atoms with Crippen LogP contribution in [0.25, 0.3) is 0 Å². The third kappa shape index (κ3) is 2.20. The van der Waals surface area contributed by atoms with Crippen molar-refractivity contribution in [1.82, 2.24) is 9.97 Å². The van der Waals surface area contributed by atoms with Gasteiger partial charge in [-0.25, -0.2) is 0 Å². The van der Waals surface area contributed by atoms with Crippen LogP contribution in [0.15, 0.2) is 59.1 Å². The maximum atomic E-state index is 7.60. The molecule has 0 aromatic carbocycles. The second-order valence-corrected chi connectivity index (χ2v) is 2.07. The van der Waals surface area contributed by atoms with Crippen LogP contribution in [-0.4, -0.2) is 9.97 Å². The Balaban J connectivity index is 2.60. The summed E-state index contributed by atoms with van der Waals surface area (Å²) in [5.41, 5.74) is -0.808. The van der Waals surface area contributed by atoms with Crippen LogP contribution in [0.4, 0.5) is 11.4 Å². The number of pyridine rings is 2. The summed E-state index contributed by atoms with van der Waals surface area (Å²) in [4.78, 5) is 6.73. The van der Waals surface area contributed by atoms with E-state index in [-0.39, 0.29) is 0 Å². The molecular formula is C10H8N4. The minimum Gasteiger partial charge on any atom is -0.265 e. The molecule has 0 saturated heterocycles. The summed E-state index contributed by atoms with van der Waals surface area (Å²) in [6, 6.07) is -2.08. The van der Waals surface area contributed by atoms with Gasteiger partial charge in [-0.2, -0.15) is 10.2 Å². The standard InChI is InChI=1S/C10H8N4/c1-5-11-6-2-9(1)13-14-10-3-7-12-8-4-10/h1-8H/i1D,2D,3D,4D,5D,6D,7D,8D. The molecule has 0 radical (unpaired) electrons. The molecule has 2 aromatic heterocycles. The molecule has 0 aliphatic heterocycles. The van der Waals surface area contributed by atoms with E-state index in [1.807, 2.05) is 0 Å². The number of rotatable bonds is 2. The molecule has 2 heterocycles. The van der Waals surface area contributed by atoms with Crippen molar-refractivity contribution in [3.63, 3.8) is 0 Å². The predicted molar refractivity (Wildman–Crippen MR) is 52.7 cm³/mol. The molecule has 0 fully saturated rings. The van der Waals surface area contributed by atoms with Crippen LogP contribution in [0.2, 0.25) is 0 Å². The summed E-state index contributed by atoms with van der Waals surface area (Å²) in [6.45, 7) is 0. The molecule has 2 rings (SSSR count). The zero-order valence-corrected chi connectivity index (χ0v) is 6.79. The molecule has 4 nitrogen and oxygen atoms in total. The molecule has 0 bridgehead atoms. The van der Waals surface area contributed by atoms with Gasteiger partial charge in [0.25, 0.3) is 0 Å². The minimum atomic E-state index is -0.552. The molecule has 0 atom stereocenters. The van der Waals surface area contributed by atoms with Gasteiger partial charge < -0.3 is 0 Å². The van der Waals surface area contributed by atoms with Crippen molar-refractivity contribution in [1.29, 1.82) is 0 Å². The van der Waals surface area contributed by atoms with Gasteiger partial charge >= 0.3 is 0 Å². The predicted octanol–water partition coefficient (Wildman–Crippen LogP) is 2.89. The lowest BCUT2D eigenvalue weighted by Gasteiger charge is -1.90. The number of hydrogen-bond acceptors (Lipinski definition) is 4. The summed E-state index contributed by atoms with van der Waals surface area (Å²) in [5.74, 6) is 0. The largest absolute Gasteiger partial charge is 0.265 e. The first-order valence-electron chi connectivity index (χ1n) is 7.54. The van der Waals surface area contributed by atoms with Gasteiger partial charge in [0.05, 0.1) is 22.3 Å². The fourth-order valence-corrected chi connectivity index (χ4v) is 0.642. The van der Waals surface area contributed by atoms with Crippen molar-refractivity contribution in [2.24, 2.45) is 10.2 Å². The van der Waals surface area contributed by atoms with Gasteiger partial charge in [-0.15, -0.1) is 0 Å². The van der Waals surface area contributed by atoms with Gasteiger partial charge in [-0.1, -0.05) is 0 Å². The molecule has 0 aliphatic rings. The fourth-order valence-electron chi connectivity index (χ4n) is 0.642. The van der Waals surface area contributed by atoms with E-state index in [1.54, 1.807) is 0 Å². The summed E-state index contributed by atoms with van der Waals surface area (Å²) in [5, 5.41) is 7.07. The quantitative estimate of drug-likeness (QED) is 0.687. The Morgan fingerprint density at radius 3 is 1.50 bits per heavy atom. The third-order valence-corrected chi connectivity index (χ3v) is 1.17. The van der Waals surface area contributed by atoms with Crippen LogP contribution in [-0.2, 0) is 0 Å². The van der Waals surface area contributed by atoms with Crippen molar-refractivity contribution in [2.75, 3.05) is 0 Å². The highest BCUT2D eigenvalue weighted by Crippen LogP contribution is 2.15. The first kappa shape index (κ1) is 3.24. The molecule has 0 unspecified atom stereocenters. The SMILES string of the molecule is [2H]c1nc([2H])c([2H])c(N=Nc2c([2H])c([2H])nc([2H])c2[2H])c1[2H].